The lowest BCUT2D eigenvalue weighted by atomic mass is 10.2. The van der Waals surface area contributed by atoms with Gasteiger partial charge in [0.25, 0.3) is 0 Å². The van der Waals surface area contributed by atoms with Gasteiger partial charge in [-0.15, -0.1) is 36.4 Å². The molecule has 0 bridgehead atoms. The van der Waals surface area contributed by atoms with E-state index >= 15 is 0 Å². The van der Waals surface area contributed by atoms with E-state index in [9.17, 15) is 0 Å². The van der Waals surface area contributed by atoms with Gasteiger partial charge in [0.1, 0.15) is 0 Å². The summed E-state index contributed by atoms with van der Waals surface area (Å²) in [5, 5.41) is 0. The van der Waals surface area contributed by atoms with Gasteiger partial charge in [0.2, 0.25) is 0 Å². The lowest BCUT2D eigenvalue weighted by Gasteiger charge is -2.35. The van der Waals surface area contributed by atoms with E-state index in [4.69, 9.17) is 11.6 Å². The van der Waals surface area contributed by atoms with E-state index in [-0.39, 0.29) is 24.8 Å². The van der Waals surface area contributed by atoms with Gasteiger partial charge in [0.05, 0.1) is 0 Å². The second kappa shape index (κ2) is 8.87. The number of nitrogens with zero attached hydrogens (tertiary/aromatic N) is 2. The van der Waals surface area contributed by atoms with Crippen molar-refractivity contribution in [1.82, 2.24) is 4.90 Å². The molecule has 0 aliphatic carbocycles. The molecule has 0 N–H and O–H groups in total. The lowest BCUT2D eigenvalue weighted by molar-refractivity contribution is 0.272. The standard InChI is InChI=1S/C12H17ClN2.2ClH/c13-6-7-14-8-10-15(11-9-14)12-4-2-1-3-5-12;;/h1-5H,6-11H2;2*1H. The Balaban J connectivity index is 0.00000128. The fraction of sp³-hybridized carbons (Fsp3) is 0.500. The van der Waals surface area contributed by atoms with Crippen LogP contribution in [-0.2, 0) is 0 Å². The van der Waals surface area contributed by atoms with Gasteiger partial charge < -0.3 is 4.90 Å². The van der Waals surface area contributed by atoms with Crippen molar-refractivity contribution >= 4 is 42.1 Å². The Morgan fingerprint density at radius 2 is 1.53 bits per heavy atom. The molecule has 1 aromatic rings. The molecular formula is C12H19Cl3N2. The Morgan fingerprint density at radius 3 is 2.06 bits per heavy atom. The van der Waals surface area contributed by atoms with Crippen LogP contribution < -0.4 is 4.90 Å². The highest BCUT2D eigenvalue weighted by Crippen LogP contribution is 2.15. The highest BCUT2D eigenvalue weighted by Gasteiger charge is 2.15. The van der Waals surface area contributed by atoms with Gasteiger partial charge in [-0.05, 0) is 12.1 Å². The molecular weight excluding hydrogens is 279 g/mol. The minimum absolute atomic E-state index is 0. The summed E-state index contributed by atoms with van der Waals surface area (Å²) >= 11 is 5.73. The highest BCUT2D eigenvalue weighted by molar-refractivity contribution is 6.18. The molecule has 0 radical (unpaired) electrons. The summed E-state index contributed by atoms with van der Waals surface area (Å²) in [7, 11) is 0. The quantitative estimate of drug-likeness (QED) is 0.792. The molecule has 2 rings (SSSR count). The first-order valence-corrected chi connectivity index (χ1v) is 6.02. The van der Waals surface area contributed by atoms with Crippen molar-refractivity contribution in [3.8, 4) is 0 Å². The Kier molecular flexibility index (Phi) is 8.79. The van der Waals surface area contributed by atoms with E-state index in [1.807, 2.05) is 0 Å². The number of hydrogen-bond acceptors (Lipinski definition) is 2. The largest absolute Gasteiger partial charge is 0.369 e. The van der Waals surface area contributed by atoms with E-state index in [0.29, 0.717) is 0 Å². The maximum Gasteiger partial charge on any atom is 0.0367 e. The second-order valence-corrected chi connectivity index (χ2v) is 4.23. The smallest absolute Gasteiger partial charge is 0.0367 e. The van der Waals surface area contributed by atoms with Gasteiger partial charge in [-0.1, -0.05) is 18.2 Å². The molecule has 0 amide bonds. The predicted octanol–water partition coefficient (Wildman–Crippen LogP) is 2.89. The van der Waals surface area contributed by atoms with E-state index in [1.165, 1.54) is 5.69 Å². The molecule has 0 aromatic heterocycles. The molecule has 98 valence electrons. The van der Waals surface area contributed by atoms with Gasteiger partial charge in [-0.3, -0.25) is 4.90 Å². The van der Waals surface area contributed by atoms with Gasteiger partial charge in [-0.25, -0.2) is 0 Å². The number of benzene rings is 1. The van der Waals surface area contributed by atoms with Crippen LogP contribution in [0, 0.1) is 0 Å². The Morgan fingerprint density at radius 1 is 0.941 bits per heavy atom. The van der Waals surface area contributed by atoms with E-state index in [2.05, 4.69) is 40.1 Å². The zero-order valence-corrected chi connectivity index (χ0v) is 12.1. The van der Waals surface area contributed by atoms with E-state index in [0.717, 1.165) is 38.6 Å². The summed E-state index contributed by atoms with van der Waals surface area (Å²) in [5.41, 5.74) is 1.34. The molecule has 1 heterocycles. The average molecular weight is 298 g/mol. The highest BCUT2D eigenvalue weighted by atomic mass is 35.5. The number of para-hydroxylation sites is 1. The fourth-order valence-corrected chi connectivity index (χ4v) is 2.23. The van der Waals surface area contributed by atoms with Gasteiger partial charge in [-0.2, -0.15) is 0 Å². The molecule has 1 aromatic carbocycles. The maximum atomic E-state index is 5.73. The lowest BCUT2D eigenvalue weighted by Crippen LogP contribution is -2.46. The first-order chi connectivity index (χ1) is 7.40. The minimum atomic E-state index is 0. The first kappa shape index (κ1) is 16.9. The molecule has 1 aliphatic rings. The average Bonchev–Trinajstić information content (AvgIpc) is 2.32. The number of rotatable bonds is 3. The number of hydrogen-bond donors (Lipinski definition) is 0. The number of alkyl halides is 1. The van der Waals surface area contributed by atoms with Crippen LogP contribution in [-0.4, -0.2) is 43.5 Å². The molecule has 1 fully saturated rings. The van der Waals surface area contributed by atoms with Crippen molar-refractivity contribution in [3.63, 3.8) is 0 Å². The SMILES string of the molecule is Cl.Cl.ClCCN1CCN(c2ccccc2)CC1. The zero-order chi connectivity index (χ0) is 10.5. The van der Waals surface area contributed by atoms with Crippen LogP contribution in [0.3, 0.4) is 0 Å². The Labute approximate surface area is 121 Å². The topological polar surface area (TPSA) is 6.48 Å². The molecule has 0 unspecified atom stereocenters. The summed E-state index contributed by atoms with van der Waals surface area (Å²) < 4.78 is 0. The third-order valence-electron chi connectivity index (χ3n) is 2.89. The molecule has 1 saturated heterocycles. The first-order valence-electron chi connectivity index (χ1n) is 5.48. The van der Waals surface area contributed by atoms with Crippen LogP contribution in [0.25, 0.3) is 0 Å². The molecule has 1 aliphatic heterocycles. The van der Waals surface area contributed by atoms with Crippen LogP contribution in [0.1, 0.15) is 0 Å². The van der Waals surface area contributed by atoms with Crippen LogP contribution in [0.15, 0.2) is 30.3 Å². The van der Waals surface area contributed by atoms with Crippen LogP contribution in [0.4, 0.5) is 5.69 Å². The molecule has 0 atom stereocenters. The van der Waals surface area contributed by atoms with Crippen molar-refractivity contribution in [3.05, 3.63) is 30.3 Å². The maximum absolute atomic E-state index is 5.73. The van der Waals surface area contributed by atoms with Crippen LogP contribution in [0.5, 0.6) is 0 Å². The van der Waals surface area contributed by atoms with Gasteiger partial charge >= 0.3 is 0 Å². The summed E-state index contributed by atoms with van der Waals surface area (Å²) in [5.74, 6) is 0.741. The van der Waals surface area contributed by atoms with Crippen molar-refractivity contribution in [2.24, 2.45) is 0 Å². The number of anilines is 1. The summed E-state index contributed by atoms with van der Waals surface area (Å²) in [6, 6.07) is 10.6. The summed E-state index contributed by atoms with van der Waals surface area (Å²) in [4.78, 5) is 4.86. The minimum Gasteiger partial charge on any atom is -0.369 e. The van der Waals surface area contributed by atoms with Gasteiger partial charge in [0, 0.05) is 44.3 Å². The van der Waals surface area contributed by atoms with E-state index in [1.54, 1.807) is 0 Å². The molecule has 5 heteroatoms. The summed E-state index contributed by atoms with van der Waals surface area (Å²) in [6.45, 7) is 5.50. The van der Waals surface area contributed by atoms with Crippen LogP contribution in [0.2, 0.25) is 0 Å². The number of halogens is 3. The molecule has 0 spiro atoms. The van der Waals surface area contributed by atoms with Crippen molar-refractivity contribution in [2.45, 2.75) is 0 Å². The second-order valence-electron chi connectivity index (χ2n) is 3.85. The van der Waals surface area contributed by atoms with Crippen molar-refractivity contribution in [2.75, 3.05) is 43.5 Å². The van der Waals surface area contributed by atoms with Crippen LogP contribution >= 0.6 is 36.4 Å². The summed E-state index contributed by atoms with van der Waals surface area (Å²) in [6.07, 6.45) is 0. The third kappa shape index (κ3) is 4.92. The third-order valence-corrected chi connectivity index (χ3v) is 3.06. The molecule has 17 heavy (non-hydrogen) atoms. The van der Waals surface area contributed by atoms with Crippen molar-refractivity contribution < 1.29 is 0 Å². The molecule has 0 saturated carbocycles. The molecule has 2 nitrogen and oxygen atoms in total. The van der Waals surface area contributed by atoms with E-state index < -0.39 is 0 Å². The number of piperazine rings is 1. The predicted molar refractivity (Wildman–Crippen MR) is 80.3 cm³/mol. The fourth-order valence-electron chi connectivity index (χ4n) is 1.99. The normalized spacial score (nSPS) is 15.9. The van der Waals surface area contributed by atoms with Gasteiger partial charge in [0.15, 0.2) is 0 Å². The Hall–Kier alpha value is -0.150. The van der Waals surface area contributed by atoms with Crippen molar-refractivity contribution in [1.29, 1.82) is 0 Å². The monoisotopic (exact) mass is 296 g/mol. The Bertz CT molecular complexity index is 287. The zero-order valence-electron chi connectivity index (χ0n) is 9.72.